The highest BCUT2D eigenvalue weighted by molar-refractivity contribution is 5.93. The van der Waals surface area contributed by atoms with Crippen LogP contribution in [-0.4, -0.2) is 54.3 Å². The standard InChI is InChI=1S/C30H38N6O3.C2H6.CH2O2/c1-6-7-16-31-28-25(33-27-15-14-26(38-4)30(34-27)39-5)18-24(20-35(28)3)36-17-8-9-22(19-36)29(37)32-23-12-10-21(2)11-13-23;1-2;2-1-3/h7,10-16,18,20,22H,6,8-9,17,19H2,1-5H3,(H,32,37)(H,33,34);1-2H3;1H,(H,2,3). The molecule has 3 N–H and O–H groups in total. The average molecular weight is 607 g/mol. The van der Waals surface area contributed by atoms with Crippen molar-refractivity contribution >= 4 is 35.3 Å². The smallest absolute Gasteiger partial charge is 0.290 e. The van der Waals surface area contributed by atoms with E-state index in [0.29, 0.717) is 24.0 Å². The van der Waals surface area contributed by atoms with Crippen LogP contribution in [-0.2, 0) is 16.6 Å². The third-order valence-corrected chi connectivity index (χ3v) is 6.71. The van der Waals surface area contributed by atoms with Crippen LogP contribution >= 0.6 is 0 Å². The van der Waals surface area contributed by atoms with Gasteiger partial charge in [0.25, 0.3) is 12.4 Å². The number of benzene rings is 1. The third kappa shape index (κ3) is 10.2. The Hall–Kier alpha value is -4.80. The van der Waals surface area contributed by atoms with Crippen molar-refractivity contribution in [1.82, 2.24) is 9.55 Å². The van der Waals surface area contributed by atoms with E-state index in [0.717, 1.165) is 53.9 Å². The number of aryl methyl sites for hydroxylation is 2. The monoisotopic (exact) mass is 606 g/mol. The maximum atomic E-state index is 13.1. The molecule has 1 unspecified atom stereocenters. The summed E-state index contributed by atoms with van der Waals surface area (Å²) in [5, 5.41) is 13.4. The zero-order valence-corrected chi connectivity index (χ0v) is 26.8. The number of hydrogen-bond acceptors (Lipinski definition) is 8. The lowest BCUT2D eigenvalue weighted by Crippen LogP contribution is -2.41. The van der Waals surface area contributed by atoms with Crippen LogP contribution in [0.3, 0.4) is 0 Å². The van der Waals surface area contributed by atoms with Gasteiger partial charge >= 0.3 is 0 Å². The number of aromatic nitrogens is 2. The maximum Gasteiger partial charge on any atom is 0.290 e. The zero-order chi connectivity index (χ0) is 32.5. The van der Waals surface area contributed by atoms with Crippen LogP contribution < -0.4 is 30.5 Å². The summed E-state index contributed by atoms with van der Waals surface area (Å²) in [5.74, 6) is 1.50. The number of hydrogen-bond donors (Lipinski definition) is 3. The first-order valence-electron chi connectivity index (χ1n) is 14.8. The highest BCUT2D eigenvalue weighted by atomic mass is 16.5. The van der Waals surface area contributed by atoms with E-state index in [4.69, 9.17) is 24.4 Å². The summed E-state index contributed by atoms with van der Waals surface area (Å²) in [7, 11) is 5.12. The van der Waals surface area contributed by atoms with Crippen molar-refractivity contribution in [3.05, 3.63) is 72.0 Å². The van der Waals surface area contributed by atoms with Gasteiger partial charge in [-0.2, -0.15) is 4.98 Å². The Balaban J connectivity index is 0.00000127. The Morgan fingerprint density at radius 3 is 2.50 bits per heavy atom. The highest BCUT2D eigenvalue weighted by Crippen LogP contribution is 2.29. The first kappa shape index (κ1) is 35.4. The number of pyridine rings is 2. The van der Waals surface area contributed by atoms with Crippen LogP contribution in [0.15, 0.2) is 65.9 Å². The molecule has 1 aliphatic heterocycles. The molecule has 0 saturated carbocycles. The van der Waals surface area contributed by atoms with E-state index in [1.54, 1.807) is 14.2 Å². The third-order valence-electron chi connectivity index (χ3n) is 6.71. The largest absolute Gasteiger partial charge is 0.491 e. The topological polar surface area (TPSA) is 130 Å². The number of anilines is 4. The van der Waals surface area contributed by atoms with Crippen molar-refractivity contribution in [2.75, 3.05) is 42.8 Å². The molecule has 1 amide bonds. The maximum absolute atomic E-state index is 13.1. The van der Waals surface area contributed by atoms with Gasteiger partial charge in [-0.05, 0) is 56.5 Å². The molecule has 0 bridgehead atoms. The van der Waals surface area contributed by atoms with Gasteiger partial charge in [-0.15, -0.1) is 0 Å². The average Bonchev–Trinajstić information content (AvgIpc) is 3.04. The number of carbonyl (C=O) groups is 2. The fraction of sp³-hybridized carbons (Fsp3) is 0.394. The van der Waals surface area contributed by atoms with E-state index in [9.17, 15) is 4.79 Å². The lowest BCUT2D eigenvalue weighted by atomic mass is 9.96. The number of allylic oxidation sites excluding steroid dienone is 1. The second kappa shape index (κ2) is 18.7. The Morgan fingerprint density at radius 1 is 1.16 bits per heavy atom. The van der Waals surface area contributed by atoms with E-state index in [2.05, 4.69) is 39.7 Å². The molecular formula is C33H46N6O5. The Labute approximate surface area is 260 Å². The molecule has 4 rings (SSSR count). The number of amides is 1. The molecule has 1 aliphatic rings. The lowest BCUT2D eigenvalue weighted by Gasteiger charge is -2.34. The van der Waals surface area contributed by atoms with Gasteiger partial charge in [0.1, 0.15) is 5.82 Å². The fourth-order valence-electron chi connectivity index (χ4n) is 4.60. The summed E-state index contributed by atoms with van der Waals surface area (Å²) in [6.45, 7) is 9.36. The molecule has 2 aromatic heterocycles. The Kier molecular flexibility index (Phi) is 15.0. The van der Waals surface area contributed by atoms with Gasteiger partial charge in [0, 0.05) is 38.2 Å². The second-order valence-electron chi connectivity index (χ2n) is 9.75. The second-order valence-corrected chi connectivity index (χ2v) is 9.75. The van der Waals surface area contributed by atoms with Crippen LogP contribution in [0.2, 0.25) is 0 Å². The van der Waals surface area contributed by atoms with Crippen LogP contribution in [0.5, 0.6) is 11.6 Å². The lowest BCUT2D eigenvalue weighted by molar-refractivity contribution is -0.123. The number of piperidine rings is 1. The molecule has 3 heterocycles. The minimum atomic E-state index is -0.250. The molecule has 11 nitrogen and oxygen atoms in total. The van der Waals surface area contributed by atoms with Gasteiger partial charge in [-0.25, -0.2) is 4.99 Å². The molecule has 1 saturated heterocycles. The van der Waals surface area contributed by atoms with Gasteiger partial charge in [-0.1, -0.05) is 44.5 Å². The summed E-state index contributed by atoms with van der Waals surface area (Å²) < 4.78 is 12.7. The van der Waals surface area contributed by atoms with E-state index >= 15 is 0 Å². The predicted octanol–water partition coefficient (Wildman–Crippen LogP) is 5.90. The van der Waals surface area contributed by atoms with Crippen LogP contribution in [0.1, 0.15) is 45.6 Å². The van der Waals surface area contributed by atoms with Gasteiger partial charge in [0.2, 0.25) is 5.91 Å². The minimum Gasteiger partial charge on any atom is -0.491 e. The number of ether oxygens (including phenoxy) is 2. The summed E-state index contributed by atoms with van der Waals surface area (Å²) in [6, 6.07) is 13.6. The van der Waals surface area contributed by atoms with Crippen LogP contribution in [0.25, 0.3) is 0 Å². The first-order chi connectivity index (χ1) is 21.3. The number of methoxy groups -OCH3 is 2. The normalized spacial score (nSPS) is 14.5. The Bertz CT molecular complexity index is 1440. The van der Waals surface area contributed by atoms with Crippen LogP contribution in [0, 0.1) is 12.8 Å². The van der Waals surface area contributed by atoms with Crippen molar-refractivity contribution < 1.29 is 24.2 Å². The number of carbonyl (C=O) groups excluding carboxylic acids is 1. The summed E-state index contributed by atoms with van der Waals surface area (Å²) in [6.07, 6.45) is 8.57. The summed E-state index contributed by atoms with van der Waals surface area (Å²) in [4.78, 5) is 33.0. The van der Waals surface area contributed by atoms with E-state index in [1.807, 2.05) is 81.1 Å². The van der Waals surface area contributed by atoms with E-state index in [1.165, 1.54) is 0 Å². The molecule has 0 spiro atoms. The molecule has 0 aliphatic carbocycles. The number of carboxylic acid groups (broad SMARTS) is 1. The molecule has 238 valence electrons. The quantitative estimate of drug-likeness (QED) is 0.257. The van der Waals surface area contributed by atoms with Crippen molar-refractivity contribution in [2.24, 2.45) is 18.0 Å². The van der Waals surface area contributed by atoms with Gasteiger partial charge in [0.05, 0.1) is 31.5 Å². The summed E-state index contributed by atoms with van der Waals surface area (Å²) >= 11 is 0. The van der Waals surface area contributed by atoms with E-state index in [-0.39, 0.29) is 18.3 Å². The molecule has 1 aromatic carbocycles. The zero-order valence-electron chi connectivity index (χ0n) is 26.8. The summed E-state index contributed by atoms with van der Waals surface area (Å²) in [5.41, 5.74) is 4.55. The van der Waals surface area contributed by atoms with Crippen molar-refractivity contribution in [3.63, 3.8) is 0 Å². The number of nitrogens with zero attached hydrogens (tertiary/aromatic N) is 4. The van der Waals surface area contributed by atoms with E-state index < -0.39 is 0 Å². The molecular weight excluding hydrogens is 560 g/mol. The SMILES string of the molecule is CC.CCC=CN=c1c(Nc2ccc(OC)c(OC)n2)cc(N2CCCC(C(=O)Nc3ccc(C)cc3)C2)cn1C.O=CO. The fourth-order valence-corrected chi connectivity index (χ4v) is 4.60. The number of nitrogens with one attached hydrogen (secondary N) is 2. The van der Waals surface area contributed by atoms with Gasteiger partial charge in [0.15, 0.2) is 11.2 Å². The number of rotatable bonds is 9. The molecule has 1 fully saturated rings. The van der Waals surface area contributed by atoms with Gasteiger partial charge < -0.3 is 34.7 Å². The highest BCUT2D eigenvalue weighted by Gasteiger charge is 2.27. The van der Waals surface area contributed by atoms with Crippen molar-refractivity contribution in [1.29, 1.82) is 0 Å². The molecule has 11 heteroatoms. The molecule has 3 aromatic rings. The Morgan fingerprint density at radius 2 is 1.86 bits per heavy atom. The molecule has 0 radical (unpaired) electrons. The van der Waals surface area contributed by atoms with Crippen LogP contribution in [0.4, 0.5) is 22.9 Å². The molecule has 1 atom stereocenters. The van der Waals surface area contributed by atoms with Crippen molar-refractivity contribution in [3.8, 4) is 11.6 Å². The minimum absolute atomic E-state index is 0.0529. The van der Waals surface area contributed by atoms with Crippen molar-refractivity contribution in [2.45, 2.75) is 47.0 Å². The molecule has 44 heavy (non-hydrogen) atoms. The first-order valence-corrected chi connectivity index (χ1v) is 14.8. The predicted molar refractivity (Wildman–Crippen MR) is 176 cm³/mol. The van der Waals surface area contributed by atoms with Gasteiger partial charge in [-0.3, -0.25) is 9.59 Å².